The first-order chi connectivity index (χ1) is 9.69. The first kappa shape index (κ1) is 13.4. The molecule has 0 unspecified atom stereocenters. The summed E-state index contributed by atoms with van der Waals surface area (Å²) in [5, 5.41) is 5.37. The van der Waals surface area contributed by atoms with Crippen molar-refractivity contribution >= 4 is 17.4 Å². The monoisotopic (exact) mass is 288 g/mol. The van der Waals surface area contributed by atoms with Crippen LogP contribution in [0, 0.1) is 0 Å². The van der Waals surface area contributed by atoms with Gasteiger partial charge in [0.25, 0.3) is 0 Å². The van der Waals surface area contributed by atoms with Crippen molar-refractivity contribution in [1.29, 1.82) is 0 Å². The zero-order valence-electron chi connectivity index (χ0n) is 11.5. The minimum atomic E-state index is 0.250. The number of carbonyl (C=O) groups excluding carboxylic acids is 1. The van der Waals surface area contributed by atoms with Crippen LogP contribution in [-0.2, 0) is 19.4 Å². The highest BCUT2D eigenvalue weighted by atomic mass is 35.5. The molecule has 0 radical (unpaired) electrons. The maximum atomic E-state index is 12.1. The van der Waals surface area contributed by atoms with Gasteiger partial charge in [-0.1, -0.05) is 30.7 Å². The van der Waals surface area contributed by atoms with Crippen molar-refractivity contribution in [3.63, 3.8) is 0 Å². The van der Waals surface area contributed by atoms with Gasteiger partial charge in [0.1, 0.15) is 0 Å². The number of fused-ring (bicyclic) bond motifs is 1. The van der Waals surface area contributed by atoms with Crippen LogP contribution in [0.3, 0.4) is 0 Å². The molecule has 1 aromatic carbocycles. The predicted octanol–water partition coefficient (Wildman–Crippen LogP) is 3.67. The molecule has 0 fully saturated rings. The van der Waals surface area contributed by atoms with Crippen LogP contribution < -0.4 is 0 Å². The second-order valence-electron chi connectivity index (χ2n) is 5.19. The topological polar surface area (TPSA) is 34.9 Å². The van der Waals surface area contributed by atoms with E-state index in [1.54, 1.807) is 0 Å². The SMILES string of the molecule is CCc1nn(Cc2cccc(Cl)c2)c2c1C(=O)CCC2. The number of halogens is 1. The highest BCUT2D eigenvalue weighted by Gasteiger charge is 2.25. The summed E-state index contributed by atoms with van der Waals surface area (Å²) in [4.78, 5) is 12.1. The Hall–Kier alpha value is -1.61. The molecular weight excluding hydrogens is 272 g/mol. The van der Waals surface area contributed by atoms with Gasteiger partial charge in [0.05, 0.1) is 17.8 Å². The Morgan fingerprint density at radius 3 is 2.95 bits per heavy atom. The summed E-state index contributed by atoms with van der Waals surface area (Å²) in [5.41, 5.74) is 4.02. The van der Waals surface area contributed by atoms with Crippen molar-refractivity contribution in [2.75, 3.05) is 0 Å². The molecule has 20 heavy (non-hydrogen) atoms. The zero-order chi connectivity index (χ0) is 14.1. The zero-order valence-corrected chi connectivity index (χ0v) is 12.3. The molecule has 0 bridgehead atoms. The number of aromatic nitrogens is 2. The van der Waals surface area contributed by atoms with E-state index in [1.165, 1.54) is 0 Å². The average molecular weight is 289 g/mol. The Morgan fingerprint density at radius 2 is 2.20 bits per heavy atom. The Balaban J connectivity index is 2.00. The Kier molecular flexibility index (Phi) is 3.62. The van der Waals surface area contributed by atoms with Crippen molar-refractivity contribution in [2.45, 2.75) is 39.2 Å². The van der Waals surface area contributed by atoms with Crippen LogP contribution in [0.4, 0.5) is 0 Å². The maximum Gasteiger partial charge on any atom is 0.166 e. The van der Waals surface area contributed by atoms with Crippen LogP contribution in [0.5, 0.6) is 0 Å². The number of Topliss-reactive ketones (excluding diaryl/α,β-unsaturated/α-hetero) is 1. The quantitative estimate of drug-likeness (QED) is 0.864. The van der Waals surface area contributed by atoms with E-state index in [-0.39, 0.29) is 5.78 Å². The Morgan fingerprint density at radius 1 is 1.35 bits per heavy atom. The summed E-state index contributed by atoms with van der Waals surface area (Å²) < 4.78 is 1.98. The van der Waals surface area contributed by atoms with E-state index in [0.717, 1.165) is 46.8 Å². The second kappa shape index (κ2) is 5.41. The fraction of sp³-hybridized carbons (Fsp3) is 0.375. The molecular formula is C16H17ClN2O. The number of hydrogen-bond acceptors (Lipinski definition) is 2. The van der Waals surface area contributed by atoms with Crippen molar-refractivity contribution in [3.8, 4) is 0 Å². The van der Waals surface area contributed by atoms with Gasteiger partial charge in [0.2, 0.25) is 0 Å². The summed E-state index contributed by atoms with van der Waals surface area (Å²) in [6.07, 6.45) is 3.32. The molecule has 1 heterocycles. The molecule has 0 amide bonds. The van der Waals surface area contributed by atoms with Gasteiger partial charge in [0.15, 0.2) is 5.78 Å². The number of carbonyl (C=O) groups is 1. The lowest BCUT2D eigenvalue weighted by atomic mass is 9.94. The molecule has 0 atom stereocenters. The molecule has 1 aromatic heterocycles. The lowest BCUT2D eigenvalue weighted by molar-refractivity contribution is 0.0971. The van der Waals surface area contributed by atoms with E-state index in [1.807, 2.05) is 35.9 Å². The summed E-state index contributed by atoms with van der Waals surface area (Å²) in [6, 6.07) is 7.80. The van der Waals surface area contributed by atoms with E-state index in [9.17, 15) is 4.79 Å². The Bertz CT molecular complexity index is 660. The summed E-state index contributed by atoms with van der Waals surface area (Å²) in [6.45, 7) is 2.73. The number of ketones is 1. The summed E-state index contributed by atoms with van der Waals surface area (Å²) in [7, 11) is 0. The summed E-state index contributed by atoms with van der Waals surface area (Å²) in [5.74, 6) is 0.250. The van der Waals surface area contributed by atoms with Crippen LogP contribution in [0.15, 0.2) is 24.3 Å². The van der Waals surface area contributed by atoms with Crippen LogP contribution in [0.25, 0.3) is 0 Å². The van der Waals surface area contributed by atoms with Gasteiger partial charge in [-0.3, -0.25) is 9.48 Å². The molecule has 104 valence electrons. The van der Waals surface area contributed by atoms with Gasteiger partial charge in [-0.15, -0.1) is 0 Å². The summed E-state index contributed by atoms with van der Waals surface area (Å²) >= 11 is 6.03. The molecule has 0 saturated heterocycles. The molecule has 4 heteroatoms. The molecule has 1 aliphatic carbocycles. The minimum absolute atomic E-state index is 0.250. The third kappa shape index (κ3) is 2.38. The van der Waals surface area contributed by atoms with Crippen LogP contribution >= 0.6 is 11.6 Å². The largest absolute Gasteiger partial charge is 0.294 e. The molecule has 3 nitrogen and oxygen atoms in total. The van der Waals surface area contributed by atoms with Crippen LogP contribution in [0.1, 0.15) is 47.1 Å². The van der Waals surface area contributed by atoms with Gasteiger partial charge in [-0.25, -0.2) is 0 Å². The predicted molar refractivity (Wildman–Crippen MR) is 79.4 cm³/mol. The fourth-order valence-electron chi connectivity index (χ4n) is 2.86. The highest BCUT2D eigenvalue weighted by molar-refractivity contribution is 6.30. The van der Waals surface area contributed by atoms with E-state index in [2.05, 4.69) is 5.10 Å². The van der Waals surface area contributed by atoms with Crippen LogP contribution in [0.2, 0.25) is 5.02 Å². The second-order valence-corrected chi connectivity index (χ2v) is 5.62. The fourth-order valence-corrected chi connectivity index (χ4v) is 3.07. The average Bonchev–Trinajstić information content (AvgIpc) is 2.78. The minimum Gasteiger partial charge on any atom is -0.294 e. The third-order valence-electron chi connectivity index (χ3n) is 3.78. The van der Waals surface area contributed by atoms with Crippen molar-refractivity contribution in [1.82, 2.24) is 9.78 Å². The van der Waals surface area contributed by atoms with Crippen molar-refractivity contribution < 1.29 is 4.79 Å². The highest BCUT2D eigenvalue weighted by Crippen LogP contribution is 2.25. The van der Waals surface area contributed by atoms with Gasteiger partial charge < -0.3 is 0 Å². The number of aryl methyl sites for hydroxylation is 1. The smallest absolute Gasteiger partial charge is 0.166 e. The van der Waals surface area contributed by atoms with Gasteiger partial charge >= 0.3 is 0 Å². The maximum absolute atomic E-state index is 12.1. The lowest BCUT2D eigenvalue weighted by Gasteiger charge is -2.13. The number of nitrogens with zero attached hydrogens (tertiary/aromatic N) is 2. The first-order valence-corrected chi connectivity index (χ1v) is 7.43. The van der Waals surface area contributed by atoms with E-state index in [0.29, 0.717) is 13.0 Å². The normalized spacial score (nSPS) is 14.4. The first-order valence-electron chi connectivity index (χ1n) is 7.05. The van der Waals surface area contributed by atoms with Crippen molar-refractivity contribution in [2.24, 2.45) is 0 Å². The van der Waals surface area contributed by atoms with E-state index in [4.69, 9.17) is 11.6 Å². The van der Waals surface area contributed by atoms with E-state index >= 15 is 0 Å². The third-order valence-corrected chi connectivity index (χ3v) is 4.02. The van der Waals surface area contributed by atoms with E-state index < -0.39 is 0 Å². The van der Waals surface area contributed by atoms with Gasteiger partial charge in [-0.2, -0.15) is 5.10 Å². The Labute approximate surface area is 123 Å². The van der Waals surface area contributed by atoms with Crippen molar-refractivity contribution in [3.05, 3.63) is 51.8 Å². The number of rotatable bonds is 3. The van der Waals surface area contributed by atoms with Gasteiger partial charge in [0, 0.05) is 17.1 Å². The molecule has 0 saturated carbocycles. The molecule has 2 aromatic rings. The standard InChI is InChI=1S/C16H17ClN2O/c1-2-13-16-14(7-4-8-15(16)20)19(18-13)10-11-5-3-6-12(17)9-11/h3,5-6,9H,2,4,7-8,10H2,1H3. The molecule has 0 N–H and O–H groups in total. The molecule has 1 aliphatic rings. The number of benzene rings is 1. The van der Waals surface area contributed by atoms with Crippen LogP contribution in [-0.4, -0.2) is 15.6 Å². The molecule has 3 rings (SSSR count). The molecule has 0 aliphatic heterocycles. The molecule has 0 spiro atoms. The number of hydrogen-bond donors (Lipinski definition) is 0. The lowest BCUT2D eigenvalue weighted by Crippen LogP contribution is -2.14. The van der Waals surface area contributed by atoms with Gasteiger partial charge in [-0.05, 0) is 37.0 Å².